The van der Waals surface area contributed by atoms with Gasteiger partial charge in [-0.05, 0) is 24.6 Å². The Kier molecular flexibility index (Phi) is 6.36. The highest BCUT2D eigenvalue weighted by molar-refractivity contribution is 5.94. The van der Waals surface area contributed by atoms with Crippen LogP contribution in [0.25, 0.3) is 0 Å². The Balaban J connectivity index is 0.00000208. The second kappa shape index (κ2) is 8.28. The van der Waals surface area contributed by atoms with Crippen molar-refractivity contribution in [1.82, 2.24) is 15.0 Å². The summed E-state index contributed by atoms with van der Waals surface area (Å²) in [6.07, 6.45) is 0. The molecule has 7 heteroatoms. The summed E-state index contributed by atoms with van der Waals surface area (Å²) >= 11 is 0. The third-order valence-electron chi connectivity index (χ3n) is 4.16. The zero-order valence-corrected chi connectivity index (χ0v) is 14.6. The third-order valence-corrected chi connectivity index (χ3v) is 4.16. The van der Waals surface area contributed by atoms with E-state index in [0.717, 1.165) is 55.3 Å². The Morgan fingerprint density at radius 2 is 1.88 bits per heavy atom. The number of aromatic nitrogens is 1. The summed E-state index contributed by atoms with van der Waals surface area (Å²) in [4.78, 5) is 16.7. The van der Waals surface area contributed by atoms with Crippen molar-refractivity contribution in [2.45, 2.75) is 20.0 Å². The number of benzene rings is 1. The van der Waals surface area contributed by atoms with Crippen LogP contribution >= 0.6 is 12.4 Å². The van der Waals surface area contributed by atoms with E-state index in [-0.39, 0.29) is 18.3 Å². The van der Waals surface area contributed by atoms with Crippen LogP contribution in [0.2, 0.25) is 0 Å². The molecule has 3 rings (SSSR count). The third kappa shape index (κ3) is 4.35. The number of aryl methyl sites for hydroxylation is 1. The van der Waals surface area contributed by atoms with E-state index in [1.807, 2.05) is 42.2 Å². The number of hydrogen-bond donors (Lipinski definition) is 1. The van der Waals surface area contributed by atoms with Gasteiger partial charge in [-0.25, -0.2) is 0 Å². The van der Waals surface area contributed by atoms with E-state index >= 15 is 0 Å². The van der Waals surface area contributed by atoms with Crippen LogP contribution < -0.4 is 5.73 Å². The Bertz CT molecular complexity index is 663. The molecule has 0 atom stereocenters. The predicted molar refractivity (Wildman–Crippen MR) is 94.0 cm³/mol. The molecule has 1 aromatic heterocycles. The van der Waals surface area contributed by atoms with Gasteiger partial charge < -0.3 is 15.2 Å². The molecule has 1 aromatic carbocycles. The van der Waals surface area contributed by atoms with Crippen molar-refractivity contribution in [1.29, 1.82) is 0 Å². The first-order valence-electron chi connectivity index (χ1n) is 7.88. The molecule has 0 radical (unpaired) electrons. The molecule has 0 saturated carbocycles. The van der Waals surface area contributed by atoms with Crippen molar-refractivity contribution in [3.63, 3.8) is 0 Å². The molecule has 1 aliphatic rings. The van der Waals surface area contributed by atoms with Gasteiger partial charge in [0.25, 0.3) is 5.91 Å². The fourth-order valence-electron chi connectivity index (χ4n) is 2.80. The molecule has 130 valence electrons. The molecule has 24 heavy (non-hydrogen) atoms. The lowest BCUT2D eigenvalue weighted by Crippen LogP contribution is -2.48. The molecule has 6 nitrogen and oxygen atoms in total. The minimum absolute atomic E-state index is 0. The highest BCUT2D eigenvalue weighted by atomic mass is 35.5. The van der Waals surface area contributed by atoms with E-state index in [0.29, 0.717) is 6.54 Å². The largest absolute Gasteiger partial charge is 0.361 e. The van der Waals surface area contributed by atoms with E-state index in [4.69, 9.17) is 10.3 Å². The lowest BCUT2D eigenvalue weighted by Gasteiger charge is -2.34. The second-order valence-electron chi connectivity index (χ2n) is 5.90. The summed E-state index contributed by atoms with van der Waals surface area (Å²) in [5.41, 5.74) is 8.29. The molecule has 2 N–H and O–H groups in total. The zero-order valence-electron chi connectivity index (χ0n) is 13.8. The van der Waals surface area contributed by atoms with Gasteiger partial charge >= 0.3 is 0 Å². The van der Waals surface area contributed by atoms with E-state index in [2.05, 4.69) is 10.1 Å². The van der Waals surface area contributed by atoms with Crippen molar-refractivity contribution in [2.75, 3.05) is 26.2 Å². The number of rotatable bonds is 4. The van der Waals surface area contributed by atoms with Gasteiger partial charge in [-0.2, -0.15) is 0 Å². The van der Waals surface area contributed by atoms with Crippen molar-refractivity contribution < 1.29 is 9.32 Å². The summed E-state index contributed by atoms with van der Waals surface area (Å²) < 4.78 is 5.09. The molecule has 1 fully saturated rings. The van der Waals surface area contributed by atoms with Crippen LogP contribution in [0, 0.1) is 6.92 Å². The van der Waals surface area contributed by atoms with E-state index in [1.54, 1.807) is 0 Å². The lowest BCUT2D eigenvalue weighted by atomic mass is 10.1. The number of piperazine rings is 1. The summed E-state index contributed by atoms with van der Waals surface area (Å²) in [6.45, 7) is 6.31. The average molecular weight is 351 g/mol. The maximum Gasteiger partial charge on any atom is 0.253 e. The molecule has 2 aromatic rings. The lowest BCUT2D eigenvalue weighted by molar-refractivity contribution is 0.0625. The highest BCUT2D eigenvalue weighted by Crippen LogP contribution is 2.12. The molecule has 1 aliphatic heterocycles. The van der Waals surface area contributed by atoms with E-state index in [1.165, 1.54) is 0 Å². The first kappa shape index (κ1) is 18.4. The predicted octanol–water partition coefficient (Wildman–Crippen LogP) is 1.82. The monoisotopic (exact) mass is 350 g/mol. The van der Waals surface area contributed by atoms with Crippen LogP contribution in [0.15, 0.2) is 34.9 Å². The first-order chi connectivity index (χ1) is 11.2. The zero-order chi connectivity index (χ0) is 16.2. The topological polar surface area (TPSA) is 75.6 Å². The molecule has 0 bridgehead atoms. The van der Waals surface area contributed by atoms with Gasteiger partial charge in [-0.3, -0.25) is 9.69 Å². The number of hydrogen-bond acceptors (Lipinski definition) is 5. The Morgan fingerprint density at radius 3 is 2.42 bits per heavy atom. The van der Waals surface area contributed by atoms with Crippen LogP contribution in [0.3, 0.4) is 0 Å². The van der Waals surface area contributed by atoms with Gasteiger partial charge in [0.05, 0.1) is 5.69 Å². The van der Waals surface area contributed by atoms with Crippen LogP contribution in [0.1, 0.15) is 27.4 Å². The number of halogens is 1. The summed E-state index contributed by atoms with van der Waals surface area (Å²) in [6, 6.07) is 9.49. The van der Waals surface area contributed by atoms with Crippen LogP contribution in [0.4, 0.5) is 0 Å². The molecule has 1 amide bonds. The number of amides is 1. The quantitative estimate of drug-likeness (QED) is 0.910. The van der Waals surface area contributed by atoms with Gasteiger partial charge in [0.2, 0.25) is 0 Å². The number of nitrogens with zero attached hydrogens (tertiary/aromatic N) is 3. The fraction of sp³-hybridized carbons (Fsp3) is 0.412. The van der Waals surface area contributed by atoms with Gasteiger partial charge in [-0.1, -0.05) is 17.3 Å². The summed E-state index contributed by atoms with van der Waals surface area (Å²) in [7, 11) is 0. The minimum atomic E-state index is 0. The fourth-order valence-corrected chi connectivity index (χ4v) is 2.80. The van der Waals surface area contributed by atoms with Crippen LogP contribution in [-0.2, 0) is 13.1 Å². The standard InChI is InChI=1S/C17H22N4O2.ClH/c1-13-10-16(19-23-13)12-20-6-8-21(9-7-20)17(22)15-4-2-14(11-18)3-5-15;/h2-5,10H,6-9,11-12,18H2,1H3;1H. The van der Waals surface area contributed by atoms with Gasteiger partial charge in [0, 0.05) is 50.9 Å². The molecule has 0 unspecified atom stereocenters. The van der Waals surface area contributed by atoms with Crippen molar-refractivity contribution in [2.24, 2.45) is 5.73 Å². The highest BCUT2D eigenvalue weighted by Gasteiger charge is 2.22. The molecule has 1 saturated heterocycles. The number of carbonyl (C=O) groups is 1. The Hall–Kier alpha value is -1.89. The summed E-state index contributed by atoms with van der Waals surface area (Å²) in [5, 5.41) is 4.02. The average Bonchev–Trinajstić information content (AvgIpc) is 3.00. The van der Waals surface area contributed by atoms with Gasteiger partial charge in [0.1, 0.15) is 5.76 Å². The van der Waals surface area contributed by atoms with E-state index < -0.39 is 0 Å². The maximum atomic E-state index is 12.5. The van der Waals surface area contributed by atoms with Crippen LogP contribution in [-0.4, -0.2) is 47.0 Å². The minimum Gasteiger partial charge on any atom is -0.361 e. The molecule has 0 aliphatic carbocycles. The molecule has 2 heterocycles. The number of nitrogens with two attached hydrogens (primary N) is 1. The van der Waals surface area contributed by atoms with E-state index in [9.17, 15) is 4.79 Å². The SMILES string of the molecule is Cc1cc(CN2CCN(C(=O)c3ccc(CN)cc3)CC2)no1.Cl. The Labute approximate surface area is 148 Å². The molecular weight excluding hydrogens is 328 g/mol. The normalized spacial score (nSPS) is 15.2. The smallest absolute Gasteiger partial charge is 0.253 e. The van der Waals surface area contributed by atoms with Crippen molar-refractivity contribution in [3.05, 3.63) is 52.9 Å². The Morgan fingerprint density at radius 1 is 1.21 bits per heavy atom. The molecular formula is C17H23ClN4O2. The first-order valence-corrected chi connectivity index (χ1v) is 7.88. The number of carbonyl (C=O) groups excluding carboxylic acids is 1. The van der Waals surface area contributed by atoms with Crippen molar-refractivity contribution >= 4 is 18.3 Å². The molecule has 0 spiro atoms. The van der Waals surface area contributed by atoms with Crippen LogP contribution in [0.5, 0.6) is 0 Å². The maximum absolute atomic E-state index is 12.5. The van der Waals surface area contributed by atoms with Crippen molar-refractivity contribution in [3.8, 4) is 0 Å². The van der Waals surface area contributed by atoms with Gasteiger partial charge in [0.15, 0.2) is 0 Å². The summed E-state index contributed by atoms with van der Waals surface area (Å²) in [5.74, 6) is 0.917. The van der Waals surface area contributed by atoms with Gasteiger partial charge in [-0.15, -0.1) is 12.4 Å². The second-order valence-corrected chi connectivity index (χ2v) is 5.90.